The average Bonchev–Trinajstić information content (AvgIpc) is 2.56. The van der Waals surface area contributed by atoms with Gasteiger partial charge in [-0.1, -0.05) is 36.4 Å². The summed E-state index contributed by atoms with van der Waals surface area (Å²) < 4.78 is 25.8. The Bertz CT molecular complexity index is 687. The number of rotatable bonds is 3. The molecule has 2 aromatic carbocycles. The third-order valence-corrected chi connectivity index (χ3v) is 5.78. The second kappa shape index (κ2) is 5.87. The molecule has 3 rings (SSSR count). The maximum atomic E-state index is 12.9. The molecule has 21 heavy (non-hydrogen) atoms. The van der Waals surface area contributed by atoms with Crippen molar-refractivity contribution in [1.29, 1.82) is 0 Å². The highest BCUT2D eigenvalue weighted by atomic mass is 32.2. The fourth-order valence-corrected chi connectivity index (χ4v) is 4.39. The Kier molecular flexibility index (Phi) is 3.94. The van der Waals surface area contributed by atoms with Gasteiger partial charge < -0.3 is 10.2 Å². The van der Waals surface area contributed by atoms with E-state index < -0.39 is 15.2 Å². The molecule has 0 aliphatic carbocycles. The number of benzene rings is 2. The Morgan fingerprint density at radius 3 is 2.24 bits per heavy atom. The first-order valence-electron chi connectivity index (χ1n) is 7.01. The zero-order valence-corrected chi connectivity index (χ0v) is 12.5. The average molecular weight is 302 g/mol. The predicted octanol–water partition coefficient (Wildman–Crippen LogP) is 1.90. The second-order valence-electron chi connectivity index (χ2n) is 5.05. The molecule has 1 unspecified atom stereocenters. The number of anilines is 1. The summed E-state index contributed by atoms with van der Waals surface area (Å²) in [4.78, 5) is 2.35. The van der Waals surface area contributed by atoms with E-state index in [9.17, 15) is 8.42 Å². The Balaban J connectivity index is 1.99. The van der Waals surface area contributed by atoms with Crippen LogP contribution in [0.3, 0.4) is 0 Å². The Morgan fingerprint density at radius 1 is 0.952 bits per heavy atom. The standard InChI is InChI=1S/C16H18N2O2S/c19-21(20,15-9-5-2-6-10-15)16-13-17-11-12-18(16)14-7-3-1-4-8-14/h1-10,16-17H,11-13H2. The van der Waals surface area contributed by atoms with Crippen molar-refractivity contribution >= 4 is 15.5 Å². The van der Waals surface area contributed by atoms with Gasteiger partial charge >= 0.3 is 0 Å². The second-order valence-corrected chi connectivity index (χ2v) is 7.15. The summed E-state index contributed by atoms with van der Waals surface area (Å²) >= 11 is 0. The summed E-state index contributed by atoms with van der Waals surface area (Å²) in [6.45, 7) is 1.91. The van der Waals surface area contributed by atoms with Gasteiger partial charge in [-0.25, -0.2) is 8.42 Å². The van der Waals surface area contributed by atoms with Gasteiger partial charge in [0.25, 0.3) is 0 Å². The predicted molar refractivity (Wildman–Crippen MR) is 84.1 cm³/mol. The van der Waals surface area contributed by atoms with Crippen molar-refractivity contribution in [2.24, 2.45) is 0 Å². The third kappa shape index (κ3) is 2.80. The monoisotopic (exact) mass is 302 g/mol. The summed E-state index contributed by atoms with van der Waals surface area (Å²) in [5, 5.41) is 2.62. The van der Waals surface area contributed by atoms with Crippen molar-refractivity contribution in [2.75, 3.05) is 24.5 Å². The van der Waals surface area contributed by atoms with E-state index in [2.05, 4.69) is 5.32 Å². The lowest BCUT2D eigenvalue weighted by Crippen LogP contribution is -2.55. The minimum atomic E-state index is -3.40. The zero-order chi connectivity index (χ0) is 14.7. The van der Waals surface area contributed by atoms with E-state index in [4.69, 9.17) is 0 Å². The highest BCUT2D eigenvalue weighted by Gasteiger charge is 2.34. The number of sulfone groups is 1. The molecule has 1 aliphatic rings. The van der Waals surface area contributed by atoms with E-state index in [-0.39, 0.29) is 0 Å². The van der Waals surface area contributed by atoms with E-state index in [0.29, 0.717) is 18.0 Å². The maximum absolute atomic E-state index is 12.9. The summed E-state index contributed by atoms with van der Waals surface area (Å²) in [7, 11) is -3.40. The topological polar surface area (TPSA) is 49.4 Å². The molecule has 1 fully saturated rings. The first-order valence-corrected chi connectivity index (χ1v) is 8.55. The van der Waals surface area contributed by atoms with Gasteiger partial charge in [-0.3, -0.25) is 0 Å². The van der Waals surface area contributed by atoms with Gasteiger partial charge in [0.15, 0.2) is 0 Å². The minimum Gasteiger partial charge on any atom is -0.352 e. The molecule has 0 aromatic heterocycles. The lowest BCUT2D eigenvalue weighted by atomic mass is 10.2. The summed E-state index contributed by atoms with van der Waals surface area (Å²) in [5.74, 6) is 0. The molecule has 0 spiro atoms. The van der Waals surface area contributed by atoms with Crippen LogP contribution in [0.2, 0.25) is 0 Å². The highest BCUT2D eigenvalue weighted by Crippen LogP contribution is 2.25. The fourth-order valence-electron chi connectivity index (χ4n) is 2.64. The quantitative estimate of drug-likeness (QED) is 0.941. The van der Waals surface area contributed by atoms with E-state index in [0.717, 1.165) is 12.2 Å². The molecule has 110 valence electrons. The lowest BCUT2D eigenvalue weighted by Gasteiger charge is -2.37. The number of nitrogens with one attached hydrogen (secondary N) is 1. The smallest absolute Gasteiger partial charge is 0.200 e. The summed E-state index contributed by atoms with van der Waals surface area (Å²) in [6, 6.07) is 18.4. The van der Waals surface area contributed by atoms with Crippen molar-refractivity contribution < 1.29 is 8.42 Å². The van der Waals surface area contributed by atoms with Crippen LogP contribution in [0.1, 0.15) is 0 Å². The van der Waals surface area contributed by atoms with Crippen LogP contribution in [0.5, 0.6) is 0 Å². The highest BCUT2D eigenvalue weighted by molar-refractivity contribution is 7.92. The first kappa shape index (κ1) is 14.1. The molecule has 0 amide bonds. The van der Waals surface area contributed by atoms with Gasteiger partial charge in [0.1, 0.15) is 5.37 Å². The van der Waals surface area contributed by atoms with Crippen molar-refractivity contribution in [1.82, 2.24) is 5.32 Å². The maximum Gasteiger partial charge on any atom is 0.200 e. The van der Waals surface area contributed by atoms with Gasteiger partial charge in [0, 0.05) is 25.3 Å². The van der Waals surface area contributed by atoms with E-state index in [1.165, 1.54) is 0 Å². The van der Waals surface area contributed by atoms with Crippen LogP contribution >= 0.6 is 0 Å². The SMILES string of the molecule is O=S(=O)(c1ccccc1)C1CNCCN1c1ccccc1. The molecule has 1 aliphatic heterocycles. The van der Waals surface area contributed by atoms with Crippen LogP contribution in [0.4, 0.5) is 5.69 Å². The van der Waals surface area contributed by atoms with Crippen molar-refractivity contribution in [3.8, 4) is 0 Å². The first-order chi connectivity index (χ1) is 10.2. The van der Waals surface area contributed by atoms with E-state index in [1.54, 1.807) is 24.3 Å². The number of hydrogen-bond donors (Lipinski definition) is 1. The van der Waals surface area contributed by atoms with Crippen LogP contribution in [0.25, 0.3) is 0 Å². The zero-order valence-electron chi connectivity index (χ0n) is 11.6. The normalized spacial score (nSPS) is 19.4. The van der Waals surface area contributed by atoms with Gasteiger partial charge in [-0.15, -0.1) is 0 Å². The van der Waals surface area contributed by atoms with Crippen molar-refractivity contribution in [3.63, 3.8) is 0 Å². The van der Waals surface area contributed by atoms with Crippen LogP contribution in [0.15, 0.2) is 65.6 Å². The molecule has 4 nitrogen and oxygen atoms in total. The van der Waals surface area contributed by atoms with Gasteiger partial charge in [-0.05, 0) is 24.3 Å². The van der Waals surface area contributed by atoms with Crippen LogP contribution in [-0.2, 0) is 9.84 Å². The molecule has 5 heteroatoms. The molecule has 1 heterocycles. The fraction of sp³-hybridized carbons (Fsp3) is 0.250. The van der Waals surface area contributed by atoms with Crippen LogP contribution < -0.4 is 10.2 Å². The number of para-hydroxylation sites is 1. The molecule has 0 bridgehead atoms. The number of nitrogens with zero attached hydrogens (tertiary/aromatic N) is 1. The van der Waals surface area contributed by atoms with Gasteiger partial charge in [0.2, 0.25) is 9.84 Å². The lowest BCUT2D eigenvalue weighted by molar-refractivity contribution is 0.518. The molecule has 0 saturated carbocycles. The van der Waals surface area contributed by atoms with Gasteiger partial charge in [0.05, 0.1) is 4.90 Å². The third-order valence-electron chi connectivity index (χ3n) is 3.71. The Hall–Kier alpha value is -1.85. The van der Waals surface area contributed by atoms with Crippen molar-refractivity contribution in [2.45, 2.75) is 10.3 Å². The van der Waals surface area contributed by atoms with Crippen LogP contribution in [-0.4, -0.2) is 33.4 Å². The molecule has 1 atom stereocenters. The summed E-state index contributed by atoms with van der Waals surface area (Å²) in [6.07, 6.45) is 0. The number of hydrogen-bond acceptors (Lipinski definition) is 4. The largest absolute Gasteiger partial charge is 0.352 e. The Morgan fingerprint density at radius 2 is 1.57 bits per heavy atom. The van der Waals surface area contributed by atoms with E-state index in [1.807, 2.05) is 41.3 Å². The molecular weight excluding hydrogens is 284 g/mol. The van der Waals surface area contributed by atoms with Gasteiger partial charge in [-0.2, -0.15) is 0 Å². The summed E-state index contributed by atoms with van der Waals surface area (Å²) in [5.41, 5.74) is 0.948. The molecular formula is C16H18N2O2S. The minimum absolute atomic E-state index is 0.375. The van der Waals surface area contributed by atoms with E-state index >= 15 is 0 Å². The molecule has 0 radical (unpaired) electrons. The van der Waals surface area contributed by atoms with Crippen molar-refractivity contribution in [3.05, 3.63) is 60.7 Å². The van der Waals surface area contributed by atoms with Crippen LogP contribution in [0, 0.1) is 0 Å². The Labute approximate surface area is 125 Å². The molecule has 1 N–H and O–H groups in total. The molecule has 2 aromatic rings. The molecule has 1 saturated heterocycles. The number of piperazine rings is 1.